The van der Waals surface area contributed by atoms with E-state index in [1.54, 1.807) is 0 Å². The number of nitrogens with zero attached hydrogens (tertiary/aromatic N) is 2. The van der Waals surface area contributed by atoms with Gasteiger partial charge in [0.15, 0.2) is 0 Å². The Morgan fingerprint density at radius 3 is 3.00 bits per heavy atom. The zero-order valence-corrected chi connectivity index (χ0v) is 8.78. The van der Waals surface area contributed by atoms with Gasteiger partial charge in [-0.05, 0) is 19.8 Å². The third kappa shape index (κ3) is 1.77. The highest BCUT2D eigenvalue weighted by Gasteiger charge is 2.36. The van der Waals surface area contributed by atoms with Crippen LogP contribution < -0.4 is 0 Å². The van der Waals surface area contributed by atoms with Crippen LogP contribution in [-0.2, 0) is 4.74 Å². The lowest BCUT2D eigenvalue weighted by molar-refractivity contribution is -0.0938. The average molecular weight is 194 g/mol. The van der Waals surface area contributed by atoms with E-state index < -0.39 is 0 Å². The highest BCUT2D eigenvalue weighted by Crippen LogP contribution is 2.29. The van der Waals surface area contributed by atoms with E-state index in [1.165, 1.54) is 25.7 Å². The van der Waals surface area contributed by atoms with Crippen molar-refractivity contribution in [2.24, 2.45) is 0 Å². The Bertz CT molecular complexity index is 234. The van der Waals surface area contributed by atoms with Gasteiger partial charge in [-0.25, -0.2) is 0 Å². The molecule has 3 nitrogen and oxygen atoms in total. The first-order valence-electron chi connectivity index (χ1n) is 5.60. The van der Waals surface area contributed by atoms with E-state index in [-0.39, 0.29) is 6.04 Å². The molecule has 2 fully saturated rings. The van der Waals surface area contributed by atoms with Gasteiger partial charge < -0.3 is 4.74 Å². The van der Waals surface area contributed by atoms with Crippen molar-refractivity contribution in [2.45, 2.75) is 50.8 Å². The molecule has 1 aliphatic heterocycles. The molecule has 0 aromatic heterocycles. The van der Waals surface area contributed by atoms with Crippen molar-refractivity contribution in [3.05, 3.63) is 0 Å². The lowest BCUT2D eigenvalue weighted by Crippen LogP contribution is -2.55. The summed E-state index contributed by atoms with van der Waals surface area (Å²) in [6.45, 7) is 3.72. The number of ether oxygens (including phenoxy) is 1. The summed E-state index contributed by atoms with van der Waals surface area (Å²) >= 11 is 0. The molecule has 3 atom stereocenters. The van der Waals surface area contributed by atoms with Crippen molar-refractivity contribution >= 4 is 0 Å². The molecule has 1 saturated carbocycles. The van der Waals surface area contributed by atoms with Gasteiger partial charge in [-0.1, -0.05) is 12.8 Å². The molecule has 1 saturated heterocycles. The Morgan fingerprint density at radius 2 is 2.21 bits per heavy atom. The lowest BCUT2D eigenvalue weighted by Gasteiger charge is -2.44. The zero-order valence-electron chi connectivity index (χ0n) is 8.78. The molecule has 1 heterocycles. The van der Waals surface area contributed by atoms with Gasteiger partial charge in [0.1, 0.15) is 0 Å². The van der Waals surface area contributed by atoms with E-state index in [0.29, 0.717) is 12.1 Å². The van der Waals surface area contributed by atoms with Crippen molar-refractivity contribution in [1.82, 2.24) is 4.90 Å². The monoisotopic (exact) mass is 194 g/mol. The second-order valence-electron chi connectivity index (χ2n) is 4.30. The Hall–Kier alpha value is -0.590. The SMILES string of the molecule is CC(C#N)N1CCOC2CCCCC21. The molecule has 2 aliphatic rings. The molecule has 0 aromatic rings. The first-order valence-corrected chi connectivity index (χ1v) is 5.60. The maximum Gasteiger partial charge on any atom is 0.0953 e. The number of nitriles is 1. The molecule has 0 radical (unpaired) electrons. The molecule has 3 unspecified atom stereocenters. The molecular formula is C11H18N2O. The minimum Gasteiger partial charge on any atom is -0.375 e. The molecule has 14 heavy (non-hydrogen) atoms. The molecule has 1 aliphatic carbocycles. The van der Waals surface area contributed by atoms with Gasteiger partial charge in [0.2, 0.25) is 0 Å². The zero-order chi connectivity index (χ0) is 9.97. The molecule has 0 spiro atoms. The van der Waals surface area contributed by atoms with Crippen LogP contribution in [0, 0.1) is 11.3 Å². The van der Waals surface area contributed by atoms with Crippen LogP contribution in [0.15, 0.2) is 0 Å². The predicted octanol–water partition coefficient (Wildman–Crippen LogP) is 1.54. The van der Waals surface area contributed by atoms with E-state index in [2.05, 4.69) is 11.0 Å². The molecule has 0 N–H and O–H groups in total. The van der Waals surface area contributed by atoms with E-state index in [1.807, 2.05) is 6.92 Å². The quantitative estimate of drug-likeness (QED) is 0.635. The van der Waals surface area contributed by atoms with Gasteiger partial charge in [0, 0.05) is 12.6 Å². The standard InChI is InChI=1S/C11H18N2O/c1-9(8-12)13-6-7-14-11-5-3-2-4-10(11)13/h9-11H,2-7H2,1H3. The van der Waals surface area contributed by atoms with Crippen molar-refractivity contribution in [3.8, 4) is 6.07 Å². The maximum atomic E-state index is 8.94. The highest BCUT2D eigenvalue weighted by atomic mass is 16.5. The van der Waals surface area contributed by atoms with E-state index >= 15 is 0 Å². The summed E-state index contributed by atoms with van der Waals surface area (Å²) in [6.07, 6.45) is 5.36. The number of hydrogen-bond acceptors (Lipinski definition) is 3. The summed E-state index contributed by atoms with van der Waals surface area (Å²) in [5.41, 5.74) is 0. The fourth-order valence-electron chi connectivity index (χ4n) is 2.68. The van der Waals surface area contributed by atoms with Gasteiger partial charge in [0.25, 0.3) is 0 Å². The second-order valence-corrected chi connectivity index (χ2v) is 4.30. The molecule has 2 rings (SSSR count). The third-order valence-corrected chi connectivity index (χ3v) is 3.46. The van der Waals surface area contributed by atoms with Crippen molar-refractivity contribution < 1.29 is 4.74 Å². The molecular weight excluding hydrogens is 176 g/mol. The number of morpholine rings is 1. The summed E-state index contributed by atoms with van der Waals surface area (Å²) in [4.78, 5) is 2.33. The summed E-state index contributed by atoms with van der Waals surface area (Å²) in [7, 11) is 0. The highest BCUT2D eigenvalue weighted by molar-refractivity contribution is 4.96. The van der Waals surface area contributed by atoms with Gasteiger partial charge in [-0.3, -0.25) is 4.90 Å². The smallest absolute Gasteiger partial charge is 0.0953 e. The number of hydrogen-bond donors (Lipinski definition) is 0. The first-order chi connectivity index (χ1) is 6.83. The van der Waals surface area contributed by atoms with Crippen LogP contribution in [0.2, 0.25) is 0 Å². The summed E-state index contributed by atoms with van der Waals surface area (Å²) < 4.78 is 5.76. The van der Waals surface area contributed by atoms with E-state index in [4.69, 9.17) is 10.00 Å². The van der Waals surface area contributed by atoms with E-state index in [9.17, 15) is 0 Å². The van der Waals surface area contributed by atoms with Crippen molar-refractivity contribution in [1.29, 1.82) is 5.26 Å². The maximum absolute atomic E-state index is 8.94. The largest absolute Gasteiger partial charge is 0.375 e. The van der Waals surface area contributed by atoms with Gasteiger partial charge in [-0.2, -0.15) is 5.26 Å². The Morgan fingerprint density at radius 1 is 1.43 bits per heavy atom. The first kappa shape index (κ1) is 9.95. The van der Waals surface area contributed by atoms with Crippen molar-refractivity contribution in [3.63, 3.8) is 0 Å². The van der Waals surface area contributed by atoms with E-state index in [0.717, 1.165) is 13.2 Å². The number of fused-ring (bicyclic) bond motifs is 1. The predicted molar refractivity (Wildman–Crippen MR) is 53.8 cm³/mol. The number of rotatable bonds is 1. The minimum atomic E-state index is 0.0458. The van der Waals surface area contributed by atoms with Crippen LogP contribution in [0.4, 0.5) is 0 Å². The summed E-state index contributed by atoms with van der Waals surface area (Å²) in [5, 5.41) is 8.94. The molecule has 0 amide bonds. The second kappa shape index (κ2) is 4.29. The Labute approximate surface area is 85.6 Å². The van der Waals surface area contributed by atoms with Crippen LogP contribution in [0.1, 0.15) is 32.6 Å². The summed E-state index contributed by atoms with van der Waals surface area (Å²) in [6, 6.07) is 2.89. The Kier molecular flexibility index (Phi) is 3.05. The van der Waals surface area contributed by atoms with Crippen molar-refractivity contribution in [2.75, 3.05) is 13.2 Å². The van der Waals surface area contributed by atoms with Crippen LogP contribution in [-0.4, -0.2) is 36.2 Å². The molecule has 0 aromatic carbocycles. The molecule has 3 heteroatoms. The van der Waals surface area contributed by atoms with Crippen LogP contribution >= 0.6 is 0 Å². The van der Waals surface area contributed by atoms with Gasteiger partial charge in [-0.15, -0.1) is 0 Å². The van der Waals surface area contributed by atoms with Crippen LogP contribution in [0.25, 0.3) is 0 Å². The fourth-order valence-corrected chi connectivity index (χ4v) is 2.68. The molecule has 78 valence electrons. The minimum absolute atomic E-state index is 0.0458. The van der Waals surface area contributed by atoms with Crippen LogP contribution in [0.5, 0.6) is 0 Å². The van der Waals surface area contributed by atoms with Gasteiger partial charge in [0.05, 0.1) is 24.8 Å². The normalized spacial score (nSPS) is 35.7. The fraction of sp³-hybridized carbons (Fsp3) is 0.909. The topological polar surface area (TPSA) is 36.3 Å². The summed E-state index contributed by atoms with van der Waals surface area (Å²) in [5.74, 6) is 0. The average Bonchev–Trinajstić information content (AvgIpc) is 2.27. The Balaban J connectivity index is 2.05. The third-order valence-electron chi connectivity index (χ3n) is 3.46. The van der Waals surface area contributed by atoms with Gasteiger partial charge >= 0.3 is 0 Å². The molecule has 0 bridgehead atoms. The lowest BCUT2D eigenvalue weighted by atomic mass is 9.89. The van der Waals surface area contributed by atoms with Crippen LogP contribution in [0.3, 0.4) is 0 Å².